The number of pyridine rings is 1. The molecule has 0 saturated heterocycles. The molecule has 7 heteroatoms. The summed E-state index contributed by atoms with van der Waals surface area (Å²) in [5.41, 5.74) is 4.84. The van der Waals surface area contributed by atoms with Crippen LogP contribution in [0.5, 0.6) is 5.75 Å². The molecule has 0 saturated carbocycles. The summed E-state index contributed by atoms with van der Waals surface area (Å²) in [4.78, 5) is 4.47. The molecule has 1 atom stereocenters. The molecule has 4 aromatic rings. The van der Waals surface area contributed by atoms with Crippen molar-refractivity contribution in [3.8, 4) is 11.8 Å². The molecule has 2 aromatic heterocycles. The number of nitrogens with zero attached hydrogens (tertiary/aromatic N) is 3. The van der Waals surface area contributed by atoms with Crippen molar-refractivity contribution in [1.82, 2.24) is 9.38 Å². The number of benzene rings is 2. The molecule has 1 aliphatic heterocycles. The molecule has 1 unspecified atom stereocenters. The number of aliphatic hydroxyl groups is 1. The van der Waals surface area contributed by atoms with Gasteiger partial charge in [0.15, 0.2) is 0 Å². The van der Waals surface area contributed by atoms with Crippen molar-refractivity contribution in [1.29, 1.82) is 5.26 Å². The topological polar surface area (TPSA) is 79.8 Å². The van der Waals surface area contributed by atoms with Gasteiger partial charge in [0, 0.05) is 36.0 Å². The second kappa shape index (κ2) is 8.75. The number of halogens is 1. The van der Waals surface area contributed by atoms with Crippen LogP contribution in [0.3, 0.4) is 0 Å². The number of ether oxygens (including phenoxy) is 2. The third-order valence-corrected chi connectivity index (χ3v) is 5.96. The van der Waals surface area contributed by atoms with Gasteiger partial charge in [-0.05, 0) is 53.9 Å². The monoisotopic (exact) mass is 458 g/mol. The Labute approximate surface area is 200 Å². The molecule has 5 rings (SSSR count). The van der Waals surface area contributed by atoms with E-state index in [2.05, 4.69) is 11.1 Å². The Bertz CT molecular complexity index is 1590. The summed E-state index contributed by atoms with van der Waals surface area (Å²) in [6, 6.07) is 17.0. The minimum atomic E-state index is -2.62. The molecule has 0 radical (unpaired) electrons. The van der Waals surface area contributed by atoms with Gasteiger partial charge in [0.1, 0.15) is 29.9 Å². The highest BCUT2D eigenvalue weighted by molar-refractivity contribution is 5.88. The first kappa shape index (κ1) is 18.4. The van der Waals surface area contributed by atoms with E-state index in [9.17, 15) is 14.8 Å². The molecule has 1 N–H and O–H groups in total. The van der Waals surface area contributed by atoms with Crippen LogP contribution in [0.4, 0.5) is 4.39 Å². The summed E-state index contributed by atoms with van der Waals surface area (Å²) in [7, 11) is -2.62. The number of hydrogen-bond acceptors (Lipinski definition) is 5. The van der Waals surface area contributed by atoms with Gasteiger partial charge in [-0.3, -0.25) is 0 Å². The number of fused-ring (bicyclic) bond motifs is 3. The third kappa shape index (κ3) is 3.63. The van der Waals surface area contributed by atoms with E-state index in [1.165, 1.54) is 12.1 Å². The normalized spacial score (nSPS) is 16.7. The molecule has 0 fully saturated rings. The molecule has 0 spiro atoms. The fourth-order valence-electron chi connectivity index (χ4n) is 4.42. The van der Waals surface area contributed by atoms with E-state index >= 15 is 0 Å². The molecule has 0 amide bonds. The summed E-state index contributed by atoms with van der Waals surface area (Å²) in [6.07, 6.45) is 0.555. The SMILES string of the molecule is [2H]C([2H])([2H])OCc1nc2ccccn2c1C(O)c1ccc2c(c1)COc1cc(F)ccc1/C2=C(\C)C#N. The Morgan fingerprint density at radius 2 is 2.15 bits per heavy atom. The zero-order valence-corrected chi connectivity index (χ0v) is 18.2. The molecule has 0 bridgehead atoms. The van der Waals surface area contributed by atoms with E-state index in [-0.39, 0.29) is 13.2 Å². The first-order valence-electron chi connectivity index (χ1n) is 12.1. The summed E-state index contributed by atoms with van der Waals surface area (Å²) in [5, 5.41) is 21.1. The maximum atomic E-state index is 13.9. The minimum absolute atomic E-state index is 0.0940. The van der Waals surface area contributed by atoms with Crippen LogP contribution in [0.1, 0.15) is 50.8 Å². The van der Waals surface area contributed by atoms with E-state index < -0.39 is 19.0 Å². The van der Waals surface area contributed by atoms with Crippen molar-refractivity contribution in [2.45, 2.75) is 26.2 Å². The minimum Gasteiger partial charge on any atom is -0.488 e. The molecule has 3 heterocycles. The second-order valence-electron chi connectivity index (χ2n) is 8.02. The van der Waals surface area contributed by atoms with E-state index in [4.69, 9.17) is 13.6 Å². The highest BCUT2D eigenvalue weighted by Crippen LogP contribution is 2.40. The standard InChI is InChI=1S/C27H22FN3O3/c1-16(13-29)25-20-8-6-17(11-18(20)14-34-23-12-19(28)7-9-21(23)25)27(32)26-22(15-33-2)30-24-5-3-4-10-31(24)26/h3-12,27,32H,14-15H2,1-2H3/b25-16+/i2D3. The van der Waals surface area contributed by atoms with Crippen molar-refractivity contribution in [3.63, 3.8) is 0 Å². The Morgan fingerprint density at radius 1 is 1.29 bits per heavy atom. The Balaban J connectivity index is 1.60. The number of aliphatic hydroxyl groups excluding tert-OH is 1. The number of allylic oxidation sites excluding steroid dienone is 1. The lowest BCUT2D eigenvalue weighted by atomic mass is 9.89. The van der Waals surface area contributed by atoms with Crippen LogP contribution in [0.25, 0.3) is 11.2 Å². The van der Waals surface area contributed by atoms with Crippen molar-refractivity contribution < 1.29 is 23.1 Å². The number of nitriles is 1. The first-order chi connectivity index (χ1) is 17.7. The van der Waals surface area contributed by atoms with Crippen molar-refractivity contribution >= 4 is 11.2 Å². The zero-order valence-electron chi connectivity index (χ0n) is 21.2. The highest BCUT2D eigenvalue weighted by atomic mass is 19.1. The number of methoxy groups -OCH3 is 1. The molecule has 170 valence electrons. The summed E-state index contributed by atoms with van der Waals surface area (Å²) >= 11 is 0. The van der Waals surface area contributed by atoms with Crippen LogP contribution in [-0.4, -0.2) is 21.5 Å². The van der Waals surface area contributed by atoms with Crippen molar-refractivity contribution in [3.05, 3.63) is 106 Å². The predicted molar refractivity (Wildman–Crippen MR) is 124 cm³/mol. The Kier molecular flexibility index (Phi) is 4.74. The average molecular weight is 459 g/mol. The maximum Gasteiger partial charge on any atom is 0.137 e. The van der Waals surface area contributed by atoms with Gasteiger partial charge >= 0.3 is 0 Å². The van der Waals surface area contributed by atoms with E-state index in [1.807, 2.05) is 0 Å². The Hall–Kier alpha value is -3.99. The van der Waals surface area contributed by atoms with Crippen molar-refractivity contribution in [2.24, 2.45) is 0 Å². The van der Waals surface area contributed by atoms with Crippen LogP contribution in [0, 0.1) is 17.1 Å². The second-order valence-corrected chi connectivity index (χ2v) is 8.02. The van der Waals surface area contributed by atoms with E-state index in [0.717, 1.165) is 5.56 Å². The van der Waals surface area contributed by atoms with Gasteiger partial charge in [-0.15, -0.1) is 0 Å². The van der Waals surface area contributed by atoms with Gasteiger partial charge in [0.2, 0.25) is 0 Å². The van der Waals surface area contributed by atoms with Gasteiger partial charge < -0.3 is 19.0 Å². The summed E-state index contributed by atoms with van der Waals surface area (Å²) < 4.78 is 48.7. The maximum absolute atomic E-state index is 13.9. The van der Waals surface area contributed by atoms with Gasteiger partial charge in [0.05, 0.1) is 28.2 Å². The summed E-state index contributed by atoms with van der Waals surface area (Å²) in [5.74, 6) is -0.122. The lowest BCUT2D eigenvalue weighted by Crippen LogP contribution is -2.09. The van der Waals surface area contributed by atoms with Gasteiger partial charge in [0.25, 0.3) is 0 Å². The molecular formula is C27H22FN3O3. The first-order valence-corrected chi connectivity index (χ1v) is 10.6. The van der Waals surface area contributed by atoms with Gasteiger partial charge in [-0.25, -0.2) is 9.37 Å². The van der Waals surface area contributed by atoms with Gasteiger partial charge in [-0.2, -0.15) is 5.26 Å². The van der Waals surface area contributed by atoms with Gasteiger partial charge in [-0.1, -0.05) is 18.2 Å². The van der Waals surface area contributed by atoms with E-state index in [0.29, 0.717) is 50.6 Å². The third-order valence-electron chi connectivity index (χ3n) is 5.96. The molecule has 1 aliphatic rings. The fourth-order valence-corrected chi connectivity index (χ4v) is 4.42. The quantitative estimate of drug-likeness (QED) is 0.438. The largest absolute Gasteiger partial charge is 0.488 e. The fraction of sp³-hybridized carbons (Fsp3) is 0.185. The van der Waals surface area contributed by atoms with Crippen LogP contribution in [0.2, 0.25) is 0 Å². The molecule has 6 nitrogen and oxygen atoms in total. The van der Waals surface area contributed by atoms with Crippen LogP contribution in [-0.2, 0) is 18.0 Å². The lowest BCUT2D eigenvalue weighted by Gasteiger charge is -2.17. The average Bonchev–Trinajstić information content (AvgIpc) is 3.17. The molecular weight excluding hydrogens is 433 g/mol. The predicted octanol–water partition coefficient (Wildman–Crippen LogP) is 4.94. The molecule has 34 heavy (non-hydrogen) atoms. The number of imidazole rings is 1. The van der Waals surface area contributed by atoms with Crippen LogP contribution >= 0.6 is 0 Å². The zero-order chi connectivity index (χ0) is 26.3. The van der Waals surface area contributed by atoms with Crippen molar-refractivity contribution in [2.75, 3.05) is 7.04 Å². The Morgan fingerprint density at radius 3 is 2.97 bits per heavy atom. The lowest BCUT2D eigenvalue weighted by molar-refractivity contribution is 0.172. The molecule has 0 aliphatic carbocycles. The number of aromatic nitrogens is 2. The number of rotatable bonds is 4. The summed E-state index contributed by atoms with van der Waals surface area (Å²) in [6.45, 7) is 1.47. The number of hydrogen-bond donors (Lipinski definition) is 1. The van der Waals surface area contributed by atoms with E-state index in [1.54, 1.807) is 60.0 Å². The van der Waals surface area contributed by atoms with Crippen LogP contribution in [0.15, 0.2) is 66.4 Å². The molecule has 2 aromatic carbocycles. The van der Waals surface area contributed by atoms with Crippen LogP contribution < -0.4 is 4.74 Å². The smallest absolute Gasteiger partial charge is 0.137 e. The highest BCUT2D eigenvalue weighted by Gasteiger charge is 2.25.